The van der Waals surface area contributed by atoms with Gasteiger partial charge in [0.1, 0.15) is 11.3 Å². The maximum Gasteiger partial charge on any atom is 0.416 e. The van der Waals surface area contributed by atoms with Crippen LogP contribution in [0.1, 0.15) is 18.1 Å². The van der Waals surface area contributed by atoms with Crippen LogP contribution >= 0.6 is 0 Å². The Bertz CT molecular complexity index is 1090. The zero-order valence-electron chi connectivity index (χ0n) is 13.9. The second-order valence-corrected chi connectivity index (χ2v) is 5.64. The Morgan fingerprint density at radius 3 is 2.52 bits per heavy atom. The summed E-state index contributed by atoms with van der Waals surface area (Å²) in [7, 11) is 0. The lowest BCUT2D eigenvalue weighted by Gasteiger charge is -2.10. The van der Waals surface area contributed by atoms with Crippen molar-refractivity contribution in [2.24, 2.45) is 0 Å². The van der Waals surface area contributed by atoms with E-state index in [4.69, 9.17) is 9.15 Å². The van der Waals surface area contributed by atoms with Crippen LogP contribution in [-0.4, -0.2) is 4.92 Å². The normalized spacial score (nSPS) is 11.6. The van der Waals surface area contributed by atoms with E-state index in [-0.39, 0.29) is 17.1 Å². The molecule has 1 heterocycles. The molecule has 0 saturated carbocycles. The van der Waals surface area contributed by atoms with Crippen LogP contribution in [0, 0.1) is 10.1 Å². The molecule has 0 fully saturated rings. The highest BCUT2D eigenvalue weighted by Gasteiger charge is 2.33. The van der Waals surface area contributed by atoms with E-state index in [9.17, 15) is 28.1 Å². The molecular formula is C18H12F3NO5. The molecule has 3 aromatic rings. The third kappa shape index (κ3) is 3.76. The predicted octanol–water partition coefficient (Wildman–Crippen LogP) is 5.07. The van der Waals surface area contributed by atoms with Gasteiger partial charge in [0, 0.05) is 23.6 Å². The van der Waals surface area contributed by atoms with Crippen LogP contribution in [-0.2, 0) is 12.6 Å². The van der Waals surface area contributed by atoms with Gasteiger partial charge in [0.2, 0.25) is 5.75 Å². The summed E-state index contributed by atoms with van der Waals surface area (Å²) in [4.78, 5) is 21.8. The number of hydrogen-bond acceptors (Lipinski definition) is 5. The van der Waals surface area contributed by atoms with Crippen molar-refractivity contribution in [2.75, 3.05) is 0 Å². The standard InChI is InChI=1S/C18H12F3NO5/c1-2-10-7-17(23)27-16-9-12(4-5-13(10)16)26-15-6-3-11(18(19,20)21)8-14(15)22(24)25/h3-9H,2H2,1H3. The first kappa shape index (κ1) is 18.4. The third-order valence-corrected chi connectivity index (χ3v) is 3.89. The Balaban J connectivity index is 2.04. The summed E-state index contributed by atoms with van der Waals surface area (Å²) in [5, 5.41) is 11.8. The van der Waals surface area contributed by atoms with Crippen molar-refractivity contribution >= 4 is 16.7 Å². The fourth-order valence-electron chi connectivity index (χ4n) is 2.62. The lowest BCUT2D eigenvalue weighted by atomic mass is 10.1. The lowest BCUT2D eigenvalue weighted by Crippen LogP contribution is -2.06. The lowest BCUT2D eigenvalue weighted by molar-refractivity contribution is -0.385. The summed E-state index contributed by atoms with van der Waals surface area (Å²) in [5.74, 6) is -0.275. The number of nitro groups is 1. The van der Waals surface area contributed by atoms with Crippen molar-refractivity contribution in [3.63, 3.8) is 0 Å². The number of fused-ring (bicyclic) bond motifs is 1. The molecule has 0 aliphatic carbocycles. The summed E-state index contributed by atoms with van der Waals surface area (Å²) in [5.41, 5.74) is -1.57. The predicted molar refractivity (Wildman–Crippen MR) is 90.0 cm³/mol. The Kier molecular flexibility index (Phi) is 4.61. The molecule has 0 aliphatic heterocycles. The molecule has 27 heavy (non-hydrogen) atoms. The van der Waals surface area contributed by atoms with E-state index >= 15 is 0 Å². The number of hydrogen-bond donors (Lipinski definition) is 0. The number of nitro benzene ring substituents is 1. The number of nitrogens with zero attached hydrogens (tertiary/aromatic N) is 1. The van der Waals surface area contributed by atoms with E-state index in [1.54, 1.807) is 6.07 Å². The Morgan fingerprint density at radius 1 is 1.15 bits per heavy atom. The molecule has 0 unspecified atom stereocenters. The van der Waals surface area contributed by atoms with E-state index in [1.807, 2.05) is 6.92 Å². The monoisotopic (exact) mass is 379 g/mol. The van der Waals surface area contributed by atoms with Crippen molar-refractivity contribution in [2.45, 2.75) is 19.5 Å². The van der Waals surface area contributed by atoms with E-state index in [0.717, 1.165) is 11.6 Å². The molecule has 9 heteroatoms. The van der Waals surface area contributed by atoms with Crippen LogP contribution in [0.25, 0.3) is 11.0 Å². The van der Waals surface area contributed by atoms with E-state index in [0.29, 0.717) is 23.9 Å². The number of rotatable bonds is 4. The molecule has 0 aliphatic rings. The molecule has 0 bridgehead atoms. The number of halogens is 3. The van der Waals surface area contributed by atoms with Gasteiger partial charge in [-0.25, -0.2) is 4.79 Å². The highest BCUT2D eigenvalue weighted by atomic mass is 19.4. The topological polar surface area (TPSA) is 82.6 Å². The first-order valence-corrected chi connectivity index (χ1v) is 7.79. The minimum atomic E-state index is -4.72. The average Bonchev–Trinajstić information content (AvgIpc) is 2.59. The van der Waals surface area contributed by atoms with Crippen LogP contribution in [0.5, 0.6) is 11.5 Å². The Labute approximate surface area is 149 Å². The van der Waals surface area contributed by atoms with Crippen LogP contribution in [0.2, 0.25) is 0 Å². The molecule has 140 valence electrons. The Morgan fingerprint density at radius 2 is 1.89 bits per heavy atom. The molecule has 1 aromatic heterocycles. The van der Waals surface area contributed by atoms with Gasteiger partial charge in [-0.05, 0) is 36.2 Å². The maximum absolute atomic E-state index is 12.8. The molecule has 0 saturated heterocycles. The minimum Gasteiger partial charge on any atom is -0.450 e. The van der Waals surface area contributed by atoms with Gasteiger partial charge in [0.25, 0.3) is 0 Å². The van der Waals surface area contributed by atoms with Crippen LogP contribution in [0.15, 0.2) is 51.7 Å². The van der Waals surface area contributed by atoms with Gasteiger partial charge in [0.15, 0.2) is 0 Å². The van der Waals surface area contributed by atoms with Crippen LogP contribution in [0.3, 0.4) is 0 Å². The molecule has 6 nitrogen and oxygen atoms in total. The molecule has 0 spiro atoms. The van der Waals surface area contributed by atoms with Gasteiger partial charge in [-0.2, -0.15) is 13.2 Å². The number of ether oxygens (including phenoxy) is 1. The number of benzene rings is 2. The number of aryl methyl sites for hydroxylation is 1. The third-order valence-electron chi connectivity index (χ3n) is 3.89. The van der Waals surface area contributed by atoms with Gasteiger partial charge in [-0.15, -0.1) is 0 Å². The van der Waals surface area contributed by atoms with Gasteiger partial charge in [-0.1, -0.05) is 6.92 Å². The Hall–Kier alpha value is -3.36. The highest BCUT2D eigenvalue weighted by Crippen LogP contribution is 2.38. The fraction of sp³-hybridized carbons (Fsp3) is 0.167. The summed E-state index contributed by atoms with van der Waals surface area (Å²) in [6.45, 7) is 1.87. The summed E-state index contributed by atoms with van der Waals surface area (Å²) < 4.78 is 48.8. The van der Waals surface area contributed by atoms with E-state index in [2.05, 4.69) is 0 Å². The largest absolute Gasteiger partial charge is 0.450 e. The SMILES string of the molecule is CCc1cc(=O)oc2cc(Oc3ccc(C(F)(F)F)cc3[N+](=O)[O-])ccc12. The second kappa shape index (κ2) is 6.75. The molecule has 0 N–H and O–H groups in total. The quantitative estimate of drug-likeness (QED) is 0.359. The smallest absolute Gasteiger partial charge is 0.416 e. The number of alkyl halides is 3. The average molecular weight is 379 g/mol. The minimum absolute atomic E-state index is 0.0850. The molecule has 2 aromatic carbocycles. The summed E-state index contributed by atoms with van der Waals surface area (Å²) in [6.07, 6.45) is -4.13. The molecule has 3 rings (SSSR count). The molecule has 0 radical (unpaired) electrons. The zero-order valence-corrected chi connectivity index (χ0v) is 13.9. The van der Waals surface area contributed by atoms with Crippen LogP contribution in [0.4, 0.5) is 18.9 Å². The maximum atomic E-state index is 12.8. The first-order chi connectivity index (χ1) is 12.7. The summed E-state index contributed by atoms with van der Waals surface area (Å²) in [6, 6.07) is 7.81. The van der Waals surface area contributed by atoms with Crippen molar-refractivity contribution in [1.29, 1.82) is 0 Å². The van der Waals surface area contributed by atoms with Crippen molar-refractivity contribution in [3.8, 4) is 11.5 Å². The van der Waals surface area contributed by atoms with E-state index < -0.39 is 28.0 Å². The van der Waals surface area contributed by atoms with E-state index in [1.165, 1.54) is 18.2 Å². The zero-order chi connectivity index (χ0) is 19.8. The molecule has 0 atom stereocenters. The molecule has 0 amide bonds. The van der Waals surface area contributed by atoms with Gasteiger partial charge in [-0.3, -0.25) is 10.1 Å². The van der Waals surface area contributed by atoms with Crippen molar-refractivity contribution in [3.05, 3.63) is 74.1 Å². The fourth-order valence-corrected chi connectivity index (χ4v) is 2.62. The molecular weight excluding hydrogens is 367 g/mol. The second-order valence-electron chi connectivity index (χ2n) is 5.64. The van der Waals surface area contributed by atoms with Gasteiger partial charge in [0.05, 0.1) is 10.5 Å². The van der Waals surface area contributed by atoms with Gasteiger partial charge >= 0.3 is 17.5 Å². The van der Waals surface area contributed by atoms with Crippen molar-refractivity contribution in [1.82, 2.24) is 0 Å². The van der Waals surface area contributed by atoms with Crippen LogP contribution < -0.4 is 10.4 Å². The van der Waals surface area contributed by atoms with Gasteiger partial charge < -0.3 is 9.15 Å². The highest BCUT2D eigenvalue weighted by molar-refractivity contribution is 5.81. The summed E-state index contributed by atoms with van der Waals surface area (Å²) >= 11 is 0. The van der Waals surface area contributed by atoms with Crippen molar-refractivity contribution < 1.29 is 27.2 Å². The first-order valence-electron chi connectivity index (χ1n) is 7.79.